The van der Waals surface area contributed by atoms with Gasteiger partial charge < -0.3 is 4.90 Å². The second-order valence-corrected chi connectivity index (χ2v) is 16.9. The van der Waals surface area contributed by atoms with Crippen LogP contribution in [0.25, 0.3) is 56.0 Å². The molecule has 0 aromatic heterocycles. The first kappa shape index (κ1) is 25.3. The minimum Gasteiger partial charge on any atom is -0.308 e. The Labute approximate surface area is 259 Å². The maximum absolute atomic E-state index is 2.57. The Bertz CT molecular complexity index is 2260. The highest BCUT2D eigenvalue weighted by molar-refractivity contribution is 7.04. The third-order valence-corrected chi connectivity index (χ3v) is 13.3. The van der Waals surface area contributed by atoms with Gasteiger partial charge in [-0.15, -0.1) is 0 Å². The molecular formula is C42H31NSi. The molecule has 0 atom stereocenters. The quantitative estimate of drug-likeness (QED) is 0.146. The summed E-state index contributed by atoms with van der Waals surface area (Å²) in [5.41, 5.74) is 11.4. The van der Waals surface area contributed by atoms with Gasteiger partial charge in [-0.05, 0) is 72.7 Å². The highest BCUT2D eigenvalue weighted by atomic mass is 28.3. The summed E-state index contributed by atoms with van der Waals surface area (Å²) in [4.78, 5) is 2.53. The average Bonchev–Trinajstić information content (AvgIpc) is 3.18. The van der Waals surface area contributed by atoms with E-state index < -0.39 is 8.07 Å². The molecule has 0 radical (unpaired) electrons. The van der Waals surface area contributed by atoms with Crippen LogP contribution in [0.15, 0.2) is 140 Å². The van der Waals surface area contributed by atoms with Gasteiger partial charge in [-0.3, -0.25) is 0 Å². The zero-order valence-corrected chi connectivity index (χ0v) is 25.9. The van der Waals surface area contributed by atoms with Crippen LogP contribution in [0.2, 0.25) is 13.1 Å². The minimum atomic E-state index is -1.89. The Hall–Kier alpha value is -5.18. The van der Waals surface area contributed by atoms with Gasteiger partial charge in [0.25, 0.3) is 0 Å². The molecule has 2 aliphatic rings. The fourth-order valence-electron chi connectivity index (χ4n) is 7.72. The molecule has 0 saturated carbocycles. The number of benzene rings is 7. The van der Waals surface area contributed by atoms with Crippen molar-refractivity contribution in [3.63, 3.8) is 0 Å². The second-order valence-electron chi connectivity index (χ2n) is 12.5. The summed E-state index contributed by atoms with van der Waals surface area (Å²) in [5, 5.41) is 8.21. The molecule has 0 bridgehead atoms. The summed E-state index contributed by atoms with van der Waals surface area (Å²) >= 11 is 0. The predicted octanol–water partition coefficient (Wildman–Crippen LogP) is 10.4. The monoisotopic (exact) mass is 577 g/mol. The summed E-state index contributed by atoms with van der Waals surface area (Å²) in [7, 11) is -1.89. The first-order chi connectivity index (χ1) is 21.6. The van der Waals surface area contributed by atoms with E-state index in [4.69, 9.17) is 0 Å². The first-order valence-corrected chi connectivity index (χ1v) is 18.5. The van der Waals surface area contributed by atoms with Crippen molar-refractivity contribution in [3.05, 3.63) is 151 Å². The number of para-hydroxylation sites is 2. The highest BCUT2D eigenvalue weighted by Crippen LogP contribution is 2.51. The summed E-state index contributed by atoms with van der Waals surface area (Å²) in [5.74, 6) is 0. The van der Waals surface area contributed by atoms with Gasteiger partial charge in [-0.25, -0.2) is 0 Å². The van der Waals surface area contributed by atoms with Crippen molar-refractivity contribution in [2.45, 2.75) is 13.1 Å². The van der Waals surface area contributed by atoms with Crippen LogP contribution in [-0.2, 0) is 0 Å². The maximum Gasteiger partial charge on any atom is 0.113 e. The topological polar surface area (TPSA) is 3.24 Å². The van der Waals surface area contributed by atoms with Gasteiger partial charge in [-0.1, -0.05) is 147 Å². The fourth-order valence-corrected chi connectivity index (χ4v) is 10.8. The third kappa shape index (κ3) is 3.52. The van der Waals surface area contributed by atoms with E-state index in [0.717, 1.165) is 0 Å². The lowest BCUT2D eigenvalue weighted by Gasteiger charge is -2.31. The Balaban J connectivity index is 1.51. The van der Waals surface area contributed by atoms with Crippen LogP contribution in [0.5, 0.6) is 0 Å². The van der Waals surface area contributed by atoms with Crippen LogP contribution in [0.4, 0.5) is 17.1 Å². The lowest BCUT2D eigenvalue weighted by Crippen LogP contribution is -2.49. The molecule has 2 heteroatoms. The van der Waals surface area contributed by atoms with Crippen molar-refractivity contribution in [2.24, 2.45) is 0 Å². The van der Waals surface area contributed by atoms with Crippen LogP contribution < -0.4 is 15.3 Å². The average molecular weight is 578 g/mol. The van der Waals surface area contributed by atoms with Gasteiger partial charge in [-0.2, -0.15) is 0 Å². The Morgan fingerprint density at radius 1 is 0.455 bits per heavy atom. The molecule has 0 amide bonds. The predicted molar refractivity (Wildman–Crippen MR) is 193 cm³/mol. The first-order valence-electron chi connectivity index (χ1n) is 15.5. The number of hydrogen-bond acceptors (Lipinski definition) is 1. The minimum absolute atomic E-state index is 1.20. The molecule has 208 valence electrons. The standard InChI is InChI=1S/C42H31NSi/c1-44(2)39-23-13-10-18-31(39)34-26-36-35(27-40(34)44)41(30-16-4-3-5-17-30)32-19-8-9-20-33(32)42(36)43-37-21-11-6-14-28(37)24-25-29-15-7-12-22-38(29)43/h3-27H,1-2H3. The zero-order chi connectivity index (χ0) is 29.4. The van der Waals surface area contributed by atoms with Crippen molar-refractivity contribution in [2.75, 3.05) is 4.90 Å². The molecule has 0 aliphatic carbocycles. The molecule has 2 aliphatic heterocycles. The van der Waals surface area contributed by atoms with Gasteiger partial charge in [0.1, 0.15) is 8.07 Å². The number of nitrogens with zero attached hydrogens (tertiary/aromatic N) is 1. The van der Waals surface area contributed by atoms with E-state index in [0.29, 0.717) is 0 Å². The van der Waals surface area contributed by atoms with Crippen LogP contribution in [0.3, 0.4) is 0 Å². The lowest BCUT2D eigenvalue weighted by molar-refractivity contribution is 1.30. The molecule has 0 spiro atoms. The van der Waals surface area contributed by atoms with Crippen LogP contribution in [0.1, 0.15) is 11.1 Å². The fraction of sp³-hybridized carbons (Fsp3) is 0.0476. The van der Waals surface area contributed by atoms with Gasteiger partial charge in [0, 0.05) is 10.8 Å². The van der Waals surface area contributed by atoms with E-state index in [-0.39, 0.29) is 0 Å². The summed E-state index contributed by atoms with van der Waals surface area (Å²) in [6, 6.07) is 51.8. The Morgan fingerprint density at radius 3 is 1.77 bits per heavy atom. The number of hydrogen-bond donors (Lipinski definition) is 0. The molecule has 0 unspecified atom stereocenters. The SMILES string of the molecule is C[Si]1(C)c2ccccc2-c2cc3c(N4c5ccccc5C=Cc5ccccc54)c4ccccc4c(-c4ccccc4)c3cc21. The van der Waals surface area contributed by atoms with Gasteiger partial charge in [0.2, 0.25) is 0 Å². The van der Waals surface area contributed by atoms with E-state index in [1.807, 2.05) is 0 Å². The van der Waals surface area contributed by atoms with Crippen LogP contribution in [-0.4, -0.2) is 8.07 Å². The van der Waals surface area contributed by atoms with Gasteiger partial charge in [0.05, 0.1) is 17.1 Å². The highest BCUT2D eigenvalue weighted by Gasteiger charge is 2.38. The molecule has 9 rings (SSSR count). The number of rotatable bonds is 2. The zero-order valence-electron chi connectivity index (χ0n) is 24.9. The van der Waals surface area contributed by atoms with E-state index in [2.05, 4.69) is 170 Å². The van der Waals surface area contributed by atoms with Crippen molar-refractivity contribution < 1.29 is 0 Å². The Morgan fingerprint density at radius 2 is 1.05 bits per heavy atom. The van der Waals surface area contributed by atoms with E-state index >= 15 is 0 Å². The summed E-state index contributed by atoms with van der Waals surface area (Å²) in [6.45, 7) is 5.03. The van der Waals surface area contributed by atoms with Crippen molar-refractivity contribution >= 4 is 69.2 Å². The Kier molecular flexibility index (Phi) is 5.42. The summed E-state index contributed by atoms with van der Waals surface area (Å²) < 4.78 is 0. The summed E-state index contributed by atoms with van der Waals surface area (Å²) in [6.07, 6.45) is 4.53. The van der Waals surface area contributed by atoms with Crippen molar-refractivity contribution in [3.8, 4) is 22.3 Å². The molecule has 2 heterocycles. The van der Waals surface area contributed by atoms with E-state index in [9.17, 15) is 0 Å². The number of fused-ring (bicyclic) bond motifs is 7. The molecule has 1 nitrogen and oxygen atoms in total. The largest absolute Gasteiger partial charge is 0.308 e. The van der Waals surface area contributed by atoms with Crippen molar-refractivity contribution in [1.29, 1.82) is 0 Å². The smallest absolute Gasteiger partial charge is 0.113 e. The maximum atomic E-state index is 2.57. The van der Waals surface area contributed by atoms with E-state index in [1.54, 1.807) is 0 Å². The molecule has 0 saturated heterocycles. The van der Waals surface area contributed by atoms with Crippen LogP contribution in [0, 0.1) is 0 Å². The molecule has 7 aromatic rings. The molecule has 0 fully saturated rings. The normalized spacial score (nSPS) is 14.2. The number of anilines is 3. The van der Waals surface area contributed by atoms with Gasteiger partial charge >= 0.3 is 0 Å². The molecular weight excluding hydrogens is 547 g/mol. The molecule has 44 heavy (non-hydrogen) atoms. The third-order valence-electron chi connectivity index (χ3n) is 9.78. The molecule has 7 aromatic carbocycles. The van der Waals surface area contributed by atoms with Crippen LogP contribution >= 0.6 is 0 Å². The lowest BCUT2D eigenvalue weighted by atomic mass is 9.88. The van der Waals surface area contributed by atoms with Gasteiger partial charge in [0.15, 0.2) is 0 Å². The second kappa shape index (κ2) is 9.41. The van der Waals surface area contributed by atoms with Crippen molar-refractivity contribution in [1.82, 2.24) is 0 Å². The molecule has 0 N–H and O–H groups in total. The van der Waals surface area contributed by atoms with E-state index in [1.165, 1.54) is 82.4 Å².